The van der Waals surface area contributed by atoms with Crippen LogP contribution in [0, 0.1) is 0 Å². The van der Waals surface area contributed by atoms with E-state index in [2.05, 4.69) is 62.4 Å². The molecule has 7 heteroatoms. The lowest BCUT2D eigenvalue weighted by Crippen LogP contribution is -2.34. The van der Waals surface area contributed by atoms with Gasteiger partial charge in [-0.25, -0.2) is 0 Å². The Morgan fingerprint density at radius 3 is 1.53 bits per heavy atom. The SMILES string of the molecule is CC(C)(Oc1ccc(Cc2ccc(OCC3OC3(C)Oc3ccc(Cc4ccc(OCC5CO5)cc4)cc3)cc2)cc1)C1CO1. The van der Waals surface area contributed by atoms with E-state index in [0.717, 1.165) is 49.1 Å². The summed E-state index contributed by atoms with van der Waals surface area (Å²) in [5, 5.41) is 0. The zero-order valence-corrected chi connectivity index (χ0v) is 26.1. The Balaban J connectivity index is 0.837. The molecule has 3 aliphatic rings. The Morgan fingerprint density at radius 1 is 0.622 bits per heavy atom. The molecule has 0 aromatic heterocycles. The van der Waals surface area contributed by atoms with Crippen LogP contribution in [-0.4, -0.2) is 56.1 Å². The maximum Gasteiger partial charge on any atom is 0.238 e. The van der Waals surface area contributed by atoms with Gasteiger partial charge in [-0.3, -0.25) is 0 Å². The van der Waals surface area contributed by atoms with E-state index >= 15 is 0 Å². The first kappa shape index (κ1) is 29.7. The lowest BCUT2D eigenvalue weighted by molar-refractivity contribution is 0.0744. The van der Waals surface area contributed by atoms with E-state index in [4.69, 9.17) is 33.2 Å². The normalized spacial score (nSPS) is 23.2. The predicted molar refractivity (Wildman–Crippen MR) is 170 cm³/mol. The number of ether oxygens (including phenoxy) is 7. The maximum atomic E-state index is 6.18. The van der Waals surface area contributed by atoms with E-state index in [9.17, 15) is 0 Å². The first-order valence-corrected chi connectivity index (χ1v) is 15.7. The molecule has 0 amide bonds. The second-order valence-electron chi connectivity index (χ2n) is 12.8. The highest BCUT2D eigenvalue weighted by Gasteiger charge is 2.56. The lowest BCUT2D eigenvalue weighted by Gasteiger charge is -2.24. The minimum Gasteiger partial charge on any atom is -0.491 e. The molecule has 3 heterocycles. The number of hydrogen-bond acceptors (Lipinski definition) is 7. The van der Waals surface area contributed by atoms with Gasteiger partial charge in [0.25, 0.3) is 0 Å². The van der Waals surface area contributed by atoms with Crippen LogP contribution in [0.1, 0.15) is 43.0 Å². The third-order valence-electron chi connectivity index (χ3n) is 8.46. The molecule has 3 aliphatic heterocycles. The van der Waals surface area contributed by atoms with Crippen LogP contribution < -0.4 is 18.9 Å². The summed E-state index contributed by atoms with van der Waals surface area (Å²) in [5.41, 5.74) is 4.57. The van der Waals surface area contributed by atoms with Gasteiger partial charge in [0.15, 0.2) is 6.10 Å². The molecule has 0 spiro atoms. The van der Waals surface area contributed by atoms with Crippen LogP contribution >= 0.6 is 0 Å². The van der Waals surface area contributed by atoms with Crippen LogP contribution in [0.3, 0.4) is 0 Å². The van der Waals surface area contributed by atoms with Crippen molar-refractivity contribution in [3.63, 3.8) is 0 Å². The van der Waals surface area contributed by atoms with Crippen molar-refractivity contribution in [2.45, 2.75) is 63.3 Å². The zero-order chi connectivity index (χ0) is 30.9. The van der Waals surface area contributed by atoms with Crippen LogP contribution in [0.25, 0.3) is 0 Å². The monoisotopic (exact) mass is 608 g/mol. The predicted octanol–water partition coefficient (Wildman–Crippen LogP) is 6.77. The highest BCUT2D eigenvalue weighted by molar-refractivity contribution is 5.36. The smallest absolute Gasteiger partial charge is 0.238 e. The summed E-state index contributed by atoms with van der Waals surface area (Å²) in [6.45, 7) is 8.69. The van der Waals surface area contributed by atoms with E-state index in [1.54, 1.807) is 0 Å². The molecule has 3 fully saturated rings. The topological polar surface area (TPSA) is 74.5 Å². The summed E-state index contributed by atoms with van der Waals surface area (Å²) >= 11 is 0. The van der Waals surface area contributed by atoms with Crippen molar-refractivity contribution in [2.24, 2.45) is 0 Å². The Bertz CT molecular complexity index is 1560. The van der Waals surface area contributed by atoms with Crippen molar-refractivity contribution < 1.29 is 33.2 Å². The average Bonchev–Trinajstić information content (AvgIpc) is 3.91. The molecule has 3 saturated heterocycles. The van der Waals surface area contributed by atoms with E-state index < -0.39 is 5.79 Å². The van der Waals surface area contributed by atoms with Gasteiger partial charge in [0.2, 0.25) is 5.79 Å². The second kappa shape index (κ2) is 12.4. The Morgan fingerprint density at radius 2 is 1.07 bits per heavy atom. The van der Waals surface area contributed by atoms with Gasteiger partial charge >= 0.3 is 0 Å². The van der Waals surface area contributed by atoms with Gasteiger partial charge in [-0.15, -0.1) is 0 Å². The summed E-state index contributed by atoms with van der Waals surface area (Å²) in [7, 11) is 0. The molecule has 234 valence electrons. The lowest BCUT2D eigenvalue weighted by atomic mass is 10.0. The summed E-state index contributed by atoms with van der Waals surface area (Å²) < 4.78 is 40.5. The molecule has 4 atom stereocenters. The standard InChI is InChI=1S/C38H40O7/c1-37(2,35-24-42-35)43-32-16-8-28(9-17-32)20-27-6-14-31(15-7-27)41-25-36-38(3,45-36)44-33-18-10-29(11-19-33)21-26-4-12-30(13-5-26)39-22-34-23-40-34/h4-19,34-36H,20-25H2,1-3H3. The van der Waals surface area contributed by atoms with Gasteiger partial charge in [0.05, 0.1) is 13.2 Å². The van der Waals surface area contributed by atoms with Crippen molar-refractivity contribution in [2.75, 3.05) is 26.4 Å². The number of rotatable bonds is 15. The van der Waals surface area contributed by atoms with Gasteiger partial charge in [-0.1, -0.05) is 48.5 Å². The number of epoxide rings is 3. The van der Waals surface area contributed by atoms with Gasteiger partial charge in [-0.05, 0) is 97.5 Å². The van der Waals surface area contributed by atoms with Crippen LogP contribution in [0.5, 0.6) is 23.0 Å². The summed E-state index contributed by atoms with van der Waals surface area (Å²) in [4.78, 5) is 0. The van der Waals surface area contributed by atoms with Gasteiger partial charge < -0.3 is 33.2 Å². The van der Waals surface area contributed by atoms with E-state index in [1.165, 1.54) is 22.3 Å². The van der Waals surface area contributed by atoms with Crippen molar-refractivity contribution in [1.82, 2.24) is 0 Å². The fourth-order valence-corrected chi connectivity index (χ4v) is 5.33. The molecule has 0 aliphatic carbocycles. The summed E-state index contributed by atoms with van der Waals surface area (Å²) in [6, 6.07) is 32.9. The van der Waals surface area contributed by atoms with Crippen molar-refractivity contribution >= 4 is 0 Å². The minimum absolute atomic E-state index is 0.138. The molecule has 7 nitrogen and oxygen atoms in total. The molecular formula is C38H40O7. The van der Waals surface area contributed by atoms with E-state index in [0.29, 0.717) is 13.2 Å². The molecule has 0 radical (unpaired) electrons. The molecule has 4 unspecified atom stereocenters. The zero-order valence-electron chi connectivity index (χ0n) is 26.1. The molecule has 0 bridgehead atoms. The largest absolute Gasteiger partial charge is 0.491 e. The third kappa shape index (κ3) is 7.98. The average molecular weight is 609 g/mol. The fourth-order valence-electron chi connectivity index (χ4n) is 5.33. The van der Waals surface area contributed by atoms with Gasteiger partial charge in [0.1, 0.15) is 54.0 Å². The minimum atomic E-state index is -0.695. The number of hydrogen-bond donors (Lipinski definition) is 0. The molecular weight excluding hydrogens is 568 g/mol. The summed E-state index contributed by atoms with van der Waals surface area (Å²) in [6.07, 6.45) is 1.98. The number of benzene rings is 4. The Hall–Kier alpha value is -4.04. The van der Waals surface area contributed by atoms with Crippen molar-refractivity contribution in [3.8, 4) is 23.0 Å². The fraction of sp³-hybridized carbons (Fsp3) is 0.368. The maximum absolute atomic E-state index is 6.18. The molecule has 7 rings (SSSR count). The van der Waals surface area contributed by atoms with Crippen LogP contribution in [0.4, 0.5) is 0 Å². The van der Waals surface area contributed by atoms with Crippen LogP contribution in [0.15, 0.2) is 97.1 Å². The van der Waals surface area contributed by atoms with Crippen LogP contribution in [-0.2, 0) is 27.1 Å². The molecule has 0 saturated carbocycles. The van der Waals surface area contributed by atoms with Gasteiger partial charge in [-0.2, -0.15) is 0 Å². The van der Waals surface area contributed by atoms with Gasteiger partial charge in [0, 0.05) is 6.92 Å². The van der Waals surface area contributed by atoms with E-state index in [-0.39, 0.29) is 23.9 Å². The quantitative estimate of drug-likeness (QED) is 0.138. The second-order valence-corrected chi connectivity index (χ2v) is 12.8. The first-order chi connectivity index (χ1) is 21.8. The molecule has 0 N–H and O–H groups in total. The third-order valence-corrected chi connectivity index (χ3v) is 8.46. The van der Waals surface area contributed by atoms with Crippen molar-refractivity contribution in [3.05, 3.63) is 119 Å². The molecule has 45 heavy (non-hydrogen) atoms. The van der Waals surface area contributed by atoms with E-state index in [1.807, 2.05) is 55.5 Å². The highest BCUT2D eigenvalue weighted by Crippen LogP contribution is 2.39. The van der Waals surface area contributed by atoms with Crippen LogP contribution in [0.2, 0.25) is 0 Å². The Labute approximate surface area is 264 Å². The Kier molecular flexibility index (Phi) is 8.17. The summed E-state index contributed by atoms with van der Waals surface area (Å²) in [5.74, 6) is 2.63. The highest BCUT2D eigenvalue weighted by atomic mass is 16.8. The molecule has 4 aromatic rings. The molecule has 4 aromatic carbocycles. The first-order valence-electron chi connectivity index (χ1n) is 15.7. The van der Waals surface area contributed by atoms with Crippen molar-refractivity contribution in [1.29, 1.82) is 0 Å².